The van der Waals surface area contributed by atoms with Crippen LogP contribution in [0.2, 0.25) is 0 Å². The average Bonchev–Trinajstić information content (AvgIpc) is 3.09. The normalized spacial score (nSPS) is 11.0. The molecule has 0 aliphatic carbocycles. The Kier molecular flexibility index (Phi) is 6.04. The average molecular weight is 362 g/mol. The van der Waals surface area contributed by atoms with Gasteiger partial charge in [0.1, 0.15) is 0 Å². The van der Waals surface area contributed by atoms with Gasteiger partial charge in [-0.3, -0.25) is 9.69 Å². The lowest BCUT2D eigenvalue weighted by Crippen LogP contribution is -2.22. The van der Waals surface area contributed by atoms with Crippen molar-refractivity contribution in [3.63, 3.8) is 0 Å². The molecule has 5 heteroatoms. The number of amides is 1. The molecule has 0 saturated carbocycles. The molecule has 0 aliphatic heterocycles. The van der Waals surface area contributed by atoms with Crippen LogP contribution < -0.4 is 5.32 Å². The molecule has 0 unspecified atom stereocenters. The Morgan fingerprint density at radius 3 is 2.48 bits per heavy atom. The Morgan fingerprint density at radius 2 is 1.78 bits per heavy atom. The van der Waals surface area contributed by atoms with Gasteiger partial charge in [-0.25, -0.2) is 4.68 Å². The minimum Gasteiger partial charge on any atom is -0.321 e. The molecule has 0 atom stereocenters. The Bertz CT molecular complexity index is 898. The van der Waals surface area contributed by atoms with Crippen molar-refractivity contribution in [2.75, 3.05) is 18.4 Å². The van der Waals surface area contributed by atoms with Gasteiger partial charge in [-0.05, 0) is 55.9 Å². The van der Waals surface area contributed by atoms with Crippen molar-refractivity contribution in [2.24, 2.45) is 0 Å². The fraction of sp³-hybridized carbons (Fsp3) is 0.273. The highest BCUT2D eigenvalue weighted by molar-refractivity contribution is 6.03. The lowest BCUT2D eigenvalue weighted by atomic mass is 10.2. The molecule has 1 heterocycles. The molecule has 0 saturated heterocycles. The Hall–Kier alpha value is -2.92. The molecule has 0 radical (unpaired) electrons. The van der Waals surface area contributed by atoms with Crippen molar-refractivity contribution >= 4 is 11.6 Å². The maximum Gasteiger partial charge on any atom is 0.276 e. The van der Waals surface area contributed by atoms with E-state index in [0.29, 0.717) is 5.69 Å². The predicted octanol–water partition coefficient (Wildman–Crippen LogP) is 4.27. The Morgan fingerprint density at radius 1 is 1.04 bits per heavy atom. The van der Waals surface area contributed by atoms with E-state index in [9.17, 15) is 4.79 Å². The van der Waals surface area contributed by atoms with Gasteiger partial charge in [-0.2, -0.15) is 5.10 Å². The fourth-order valence-electron chi connectivity index (χ4n) is 3.06. The van der Waals surface area contributed by atoms with Crippen LogP contribution in [0.5, 0.6) is 0 Å². The smallest absolute Gasteiger partial charge is 0.276 e. The highest BCUT2D eigenvalue weighted by Gasteiger charge is 2.14. The second-order valence-corrected chi connectivity index (χ2v) is 6.53. The van der Waals surface area contributed by atoms with E-state index in [1.54, 1.807) is 4.68 Å². The minimum absolute atomic E-state index is 0.201. The van der Waals surface area contributed by atoms with Crippen molar-refractivity contribution in [1.29, 1.82) is 0 Å². The minimum atomic E-state index is -0.201. The van der Waals surface area contributed by atoms with E-state index in [0.717, 1.165) is 36.7 Å². The zero-order valence-electron chi connectivity index (χ0n) is 16.1. The van der Waals surface area contributed by atoms with E-state index < -0.39 is 0 Å². The molecule has 0 spiro atoms. The standard InChI is InChI=1S/C22H26N4O/c1-4-25(5-2)16-18-10-9-11-19(15-18)23-22(27)21-14-17(3)26(24-21)20-12-7-6-8-13-20/h6-15H,4-5,16H2,1-3H3,(H,23,27). The number of carbonyl (C=O) groups is 1. The van der Waals surface area contributed by atoms with Crippen molar-refractivity contribution in [3.8, 4) is 5.69 Å². The molecular weight excluding hydrogens is 336 g/mol. The van der Waals surface area contributed by atoms with Gasteiger partial charge in [0.15, 0.2) is 5.69 Å². The first kappa shape index (κ1) is 18.9. The summed E-state index contributed by atoms with van der Waals surface area (Å²) in [7, 11) is 0. The second kappa shape index (κ2) is 8.64. The van der Waals surface area contributed by atoms with Crippen LogP contribution in [0.1, 0.15) is 35.6 Å². The van der Waals surface area contributed by atoms with Gasteiger partial charge in [0.25, 0.3) is 5.91 Å². The van der Waals surface area contributed by atoms with E-state index in [2.05, 4.69) is 35.2 Å². The van der Waals surface area contributed by atoms with Crippen LogP contribution in [0.25, 0.3) is 5.69 Å². The van der Waals surface area contributed by atoms with E-state index in [-0.39, 0.29) is 5.91 Å². The number of benzene rings is 2. The maximum atomic E-state index is 12.7. The third-order valence-electron chi connectivity index (χ3n) is 4.61. The number of nitrogens with zero attached hydrogens (tertiary/aromatic N) is 3. The molecule has 5 nitrogen and oxygen atoms in total. The molecule has 0 bridgehead atoms. The summed E-state index contributed by atoms with van der Waals surface area (Å²) in [5.41, 5.74) is 4.24. The molecule has 0 fully saturated rings. The van der Waals surface area contributed by atoms with Gasteiger partial charge in [0, 0.05) is 17.9 Å². The van der Waals surface area contributed by atoms with Gasteiger partial charge in [-0.15, -0.1) is 0 Å². The van der Waals surface area contributed by atoms with E-state index in [1.165, 1.54) is 5.56 Å². The van der Waals surface area contributed by atoms with Crippen LogP contribution in [-0.2, 0) is 6.54 Å². The van der Waals surface area contributed by atoms with Crippen molar-refractivity contribution in [2.45, 2.75) is 27.3 Å². The molecule has 2 aromatic carbocycles. The van der Waals surface area contributed by atoms with E-state index in [1.807, 2.05) is 61.5 Å². The highest BCUT2D eigenvalue weighted by atomic mass is 16.1. The number of hydrogen-bond donors (Lipinski definition) is 1. The quantitative estimate of drug-likeness (QED) is 0.683. The van der Waals surface area contributed by atoms with Gasteiger partial charge in [0.05, 0.1) is 5.69 Å². The SMILES string of the molecule is CCN(CC)Cc1cccc(NC(=O)c2cc(C)n(-c3ccccc3)n2)c1. The first-order chi connectivity index (χ1) is 13.1. The zero-order valence-corrected chi connectivity index (χ0v) is 16.1. The number of carbonyl (C=O) groups excluding carboxylic acids is 1. The number of rotatable bonds is 7. The van der Waals surface area contributed by atoms with Crippen molar-refractivity contribution in [3.05, 3.63) is 77.6 Å². The molecule has 1 N–H and O–H groups in total. The summed E-state index contributed by atoms with van der Waals surface area (Å²) in [4.78, 5) is 15.0. The van der Waals surface area contributed by atoms with Crippen molar-refractivity contribution < 1.29 is 4.79 Å². The summed E-state index contributed by atoms with van der Waals surface area (Å²) in [6.45, 7) is 9.13. The number of aromatic nitrogens is 2. The fourth-order valence-corrected chi connectivity index (χ4v) is 3.06. The number of para-hydroxylation sites is 1. The van der Waals surface area contributed by atoms with Gasteiger partial charge in [0.2, 0.25) is 0 Å². The number of anilines is 1. The van der Waals surface area contributed by atoms with Crippen LogP contribution in [-0.4, -0.2) is 33.7 Å². The third kappa shape index (κ3) is 4.63. The monoisotopic (exact) mass is 362 g/mol. The summed E-state index contributed by atoms with van der Waals surface area (Å²) >= 11 is 0. The van der Waals surface area contributed by atoms with E-state index in [4.69, 9.17) is 0 Å². The summed E-state index contributed by atoms with van der Waals surface area (Å²) < 4.78 is 1.78. The number of nitrogens with one attached hydrogen (secondary N) is 1. The Labute approximate surface area is 160 Å². The van der Waals surface area contributed by atoms with Crippen LogP contribution in [0.4, 0.5) is 5.69 Å². The second-order valence-electron chi connectivity index (χ2n) is 6.53. The number of hydrogen-bond acceptors (Lipinski definition) is 3. The molecular formula is C22H26N4O. The summed E-state index contributed by atoms with van der Waals surface area (Å²) in [6.07, 6.45) is 0. The molecule has 3 rings (SSSR count). The maximum absolute atomic E-state index is 12.7. The molecule has 0 aliphatic rings. The zero-order chi connectivity index (χ0) is 19.2. The molecule has 3 aromatic rings. The lowest BCUT2D eigenvalue weighted by Gasteiger charge is -2.18. The first-order valence-corrected chi connectivity index (χ1v) is 9.35. The van der Waals surface area contributed by atoms with Crippen LogP contribution >= 0.6 is 0 Å². The molecule has 140 valence electrons. The van der Waals surface area contributed by atoms with Gasteiger partial charge < -0.3 is 5.32 Å². The largest absolute Gasteiger partial charge is 0.321 e. The summed E-state index contributed by atoms with van der Waals surface area (Å²) in [5.74, 6) is -0.201. The predicted molar refractivity (Wildman–Crippen MR) is 109 cm³/mol. The van der Waals surface area contributed by atoms with Gasteiger partial charge in [-0.1, -0.05) is 44.2 Å². The third-order valence-corrected chi connectivity index (χ3v) is 4.61. The Balaban J connectivity index is 1.74. The summed E-state index contributed by atoms with van der Waals surface area (Å²) in [6, 6.07) is 19.6. The molecule has 1 aromatic heterocycles. The van der Waals surface area contributed by atoms with Gasteiger partial charge >= 0.3 is 0 Å². The molecule has 1 amide bonds. The van der Waals surface area contributed by atoms with Crippen molar-refractivity contribution in [1.82, 2.24) is 14.7 Å². The van der Waals surface area contributed by atoms with E-state index >= 15 is 0 Å². The highest BCUT2D eigenvalue weighted by Crippen LogP contribution is 2.16. The van der Waals surface area contributed by atoms with Crippen LogP contribution in [0, 0.1) is 6.92 Å². The number of aryl methyl sites for hydroxylation is 1. The summed E-state index contributed by atoms with van der Waals surface area (Å²) in [5, 5.41) is 7.44. The molecule has 27 heavy (non-hydrogen) atoms. The first-order valence-electron chi connectivity index (χ1n) is 9.35. The lowest BCUT2D eigenvalue weighted by molar-refractivity contribution is 0.102. The van der Waals surface area contributed by atoms with Crippen LogP contribution in [0.3, 0.4) is 0 Å². The topological polar surface area (TPSA) is 50.2 Å². The van der Waals surface area contributed by atoms with Crippen LogP contribution in [0.15, 0.2) is 60.7 Å².